The first-order valence-electron chi connectivity index (χ1n) is 9.67. The Balaban J connectivity index is 1.95. The summed E-state index contributed by atoms with van der Waals surface area (Å²) in [6, 6.07) is 10.6. The number of ether oxygens (including phenoxy) is 2. The monoisotopic (exact) mass is 461 g/mol. The predicted molar refractivity (Wildman–Crippen MR) is 119 cm³/mol. The minimum atomic E-state index is -0.369. The molecule has 0 saturated carbocycles. The molecule has 2 rings (SSSR count). The van der Waals surface area contributed by atoms with Crippen LogP contribution in [0.4, 0.5) is 5.69 Å². The Morgan fingerprint density at radius 2 is 1.72 bits per heavy atom. The van der Waals surface area contributed by atoms with Gasteiger partial charge < -0.3 is 14.8 Å². The van der Waals surface area contributed by atoms with Crippen molar-refractivity contribution in [3.8, 4) is 5.75 Å². The minimum Gasteiger partial charge on any atom is -0.483 e. The van der Waals surface area contributed by atoms with Crippen molar-refractivity contribution >= 4 is 33.5 Å². The fraction of sp³-hybridized carbons (Fsp3) is 0.391. The number of aryl methyl sites for hydroxylation is 1. The maximum Gasteiger partial charge on any atom is 0.338 e. The van der Waals surface area contributed by atoms with Gasteiger partial charge in [0.05, 0.1) is 12.2 Å². The van der Waals surface area contributed by atoms with Gasteiger partial charge in [-0.15, -0.1) is 0 Å². The highest BCUT2D eigenvalue weighted by molar-refractivity contribution is 9.10. The summed E-state index contributed by atoms with van der Waals surface area (Å²) in [5.41, 5.74) is 3.13. The summed E-state index contributed by atoms with van der Waals surface area (Å²) < 4.78 is 12.0. The fourth-order valence-electron chi connectivity index (χ4n) is 2.60. The Kier molecular flexibility index (Phi) is 8.26. The summed E-state index contributed by atoms with van der Waals surface area (Å²) in [5.74, 6) is 0.623. The molecule has 0 fully saturated rings. The zero-order valence-corrected chi connectivity index (χ0v) is 19.1. The molecule has 0 radical (unpaired) electrons. The van der Waals surface area contributed by atoms with Crippen molar-refractivity contribution < 1.29 is 19.1 Å². The van der Waals surface area contributed by atoms with Crippen LogP contribution in [0.3, 0.4) is 0 Å². The molecule has 0 unspecified atom stereocenters. The van der Waals surface area contributed by atoms with Crippen LogP contribution < -0.4 is 10.1 Å². The molecular formula is C23H28BrNO4. The molecule has 29 heavy (non-hydrogen) atoms. The molecule has 0 atom stereocenters. The van der Waals surface area contributed by atoms with Crippen LogP contribution in [0.5, 0.6) is 5.75 Å². The van der Waals surface area contributed by atoms with E-state index in [1.807, 2.05) is 32.9 Å². The van der Waals surface area contributed by atoms with E-state index >= 15 is 0 Å². The number of halogens is 1. The van der Waals surface area contributed by atoms with Gasteiger partial charge >= 0.3 is 5.97 Å². The first-order chi connectivity index (χ1) is 13.7. The van der Waals surface area contributed by atoms with Gasteiger partial charge in [-0.1, -0.05) is 43.6 Å². The highest BCUT2D eigenvalue weighted by Crippen LogP contribution is 2.32. The van der Waals surface area contributed by atoms with Gasteiger partial charge in [-0.05, 0) is 66.3 Å². The van der Waals surface area contributed by atoms with E-state index in [-0.39, 0.29) is 30.3 Å². The number of carbonyl (C=O) groups is 2. The molecule has 0 heterocycles. The average molecular weight is 462 g/mol. The van der Waals surface area contributed by atoms with E-state index in [4.69, 9.17) is 9.47 Å². The zero-order valence-electron chi connectivity index (χ0n) is 17.5. The first-order valence-corrected chi connectivity index (χ1v) is 10.5. The van der Waals surface area contributed by atoms with Crippen molar-refractivity contribution in [1.82, 2.24) is 0 Å². The quantitative estimate of drug-likeness (QED) is 0.511. The summed E-state index contributed by atoms with van der Waals surface area (Å²) in [6.45, 7) is 10.4. The topological polar surface area (TPSA) is 64.6 Å². The minimum absolute atomic E-state index is 0.0982. The van der Waals surface area contributed by atoms with Crippen molar-refractivity contribution in [3.05, 3.63) is 57.6 Å². The van der Waals surface area contributed by atoms with Crippen LogP contribution in [-0.2, 0) is 9.53 Å². The molecular weight excluding hydrogens is 434 g/mol. The number of carbonyl (C=O) groups excluding carboxylic acids is 2. The van der Waals surface area contributed by atoms with E-state index in [0.717, 1.165) is 15.6 Å². The van der Waals surface area contributed by atoms with E-state index in [1.54, 1.807) is 24.3 Å². The van der Waals surface area contributed by atoms with Crippen LogP contribution >= 0.6 is 15.9 Å². The molecule has 1 amide bonds. The van der Waals surface area contributed by atoms with Crippen molar-refractivity contribution in [2.75, 3.05) is 18.5 Å². The lowest BCUT2D eigenvalue weighted by Crippen LogP contribution is -2.20. The Bertz CT molecular complexity index is 860. The normalized spacial score (nSPS) is 10.9. The van der Waals surface area contributed by atoms with Gasteiger partial charge in [0.25, 0.3) is 5.91 Å². The molecule has 1 N–H and O–H groups in total. The Morgan fingerprint density at radius 1 is 1.07 bits per heavy atom. The highest BCUT2D eigenvalue weighted by atomic mass is 79.9. The standard InChI is InChI=1S/C23H28BrNO4/c1-14(2)12-29-23(27)17-6-8-18(9-7-17)25-22(26)13-28-21-10-16(5)20(24)11-19(21)15(3)4/h6-11,14-15H,12-13H2,1-5H3,(H,25,26). The molecule has 2 aromatic rings. The number of nitrogens with one attached hydrogen (secondary N) is 1. The molecule has 0 saturated heterocycles. The third kappa shape index (κ3) is 6.89. The molecule has 6 heteroatoms. The maximum absolute atomic E-state index is 12.3. The average Bonchev–Trinajstić information content (AvgIpc) is 2.67. The van der Waals surface area contributed by atoms with Crippen molar-refractivity contribution in [2.45, 2.75) is 40.5 Å². The number of anilines is 1. The smallest absolute Gasteiger partial charge is 0.338 e. The van der Waals surface area contributed by atoms with Gasteiger partial charge in [-0.25, -0.2) is 4.79 Å². The lowest BCUT2D eigenvalue weighted by Gasteiger charge is -2.16. The molecule has 156 valence electrons. The van der Waals surface area contributed by atoms with Gasteiger partial charge in [0.15, 0.2) is 6.61 Å². The second kappa shape index (κ2) is 10.4. The van der Waals surface area contributed by atoms with Crippen LogP contribution in [0.2, 0.25) is 0 Å². The molecule has 2 aromatic carbocycles. The van der Waals surface area contributed by atoms with Crippen molar-refractivity contribution in [2.24, 2.45) is 5.92 Å². The van der Waals surface area contributed by atoms with E-state index in [1.165, 1.54) is 0 Å². The van der Waals surface area contributed by atoms with Crippen LogP contribution in [-0.4, -0.2) is 25.1 Å². The van der Waals surface area contributed by atoms with Crippen LogP contribution in [0.1, 0.15) is 55.1 Å². The predicted octanol–water partition coefficient (Wildman–Crippen LogP) is 5.71. The molecule has 0 spiro atoms. The van der Waals surface area contributed by atoms with E-state index in [9.17, 15) is 9.59 Å². The lowest BCUT2D eigenvalue weighted by molar-refractivity contribution is -0.118. The Morgan fingerprint density at radius 3 is 2.31 bits per heavy atom. The summed E-state index contributed by atoms with van der Waals surface area (Å²) in [5, 5.41) is 2.78. The Labute approximate surface area is 180 Å². The van der Waals surface area contributed by atoms with Gasteiger partial charge in [-0.3, -0.25) is 4.79 Å². The summed E-state index contributed by atoms with van der Waals surface area (Å²) in [4.78, 5) is 24.2. The zero-order chi connectivity index (χ0) is 21.6. The van der Waals surface area contributed by atoms with Crippen LogP contribution in [0.25, 0.3) is 0 Å². The third-order valence-corrected chi connectivity index (χ3v) is 5.08. The fourth-order valence-corrected chi connectivity index (χ4v) is 2.96. The van der Waals surface area contributed by atoms with Crippen LogP contribution in [0, 0.1) is 12.8 Å². The van der Waals surface area contributed by atoms with Crippen molar-refractivity contribution in [3.63, 3.8) is 0 Å². The summed E-state index contributed by atoms with van der Waals surface area (Å²) in [6.07, 6.45) is 0. The molecule has 0 aliphatic heterocycles. The number of hydrogen-bond acceptors (Lipinski definition) is 4. The summed E-state index contributed by atoms with van der Waals surface area (Å²) in [7, 11) is 0. The van der Waals surface area contributed by atoms with Gasteiger partial charge in [0, 0.05) is 10.2 Å². The number of benzene rings is 2. The molecule has 0 aliphatic rings. The SMILES string of the molecule is Cc1cc(OCC(=O)Nc2ccc(C(=O)OCC(C)C)cc2)c(C(C)C)cc1Br. The molecule has 0 bridgehead atoms. The lowest BCUT2D eigenvalue weighted by atomic mass is 10.0. The van der Waals surface area contributed by atoms with E-state index < -0.39 is 0 Å². The molecule has 0 aliphatic carbocycles. The largest absolute Gasteiger partial charge is 0.483 e. The van der Waals surface area contributed by atoms with Gasteiger partial charge in [0.2, 0.25) is 0 Å². The number of hydrogen-bond donors (Lipinski definition) is 1. The van der Waals surface area contributed by atoms with Gasteiger partial charge in [-0.2, -0.15) is 0 Å². The molecule has 5 nitrogen and oxygen atoms in total. The number of rotatable bonds is 8. The van der Waals surface area contributed by atoms with Crippen LogP contribution in [0.15, 0.2) is 40.9 Å². The van der Waals surface area contributed by atoms with Crippen molar-refractivity contribution in [1.29, 1.82) is 0 Å². The first kappa shape index (κ1) is 22.9. The maximum atomic E-state index is 12.3. The number of amides is 1. The van der Waals surface area contributed by atoms with E-state index in [2.05, 4.69) is 35.1 Å². The third-order valence-electron chi connectivity index (χ3n) is 4.22. The molecule has 0 aromatic heterocycles. The Hall–Kier alpha value is -2.34. The number of esters is 1. The second-order valence-electron chi connectivity index (χ2n) is 7.70. The summed E-state index contributed by atoms with van der Waals surface area (Å²) >= 11 is 3.54. The highest BCUT2D eigenvalue weighted by Gasteiger charge is 2.13. The second-order valence-corrected chi connectivity index (χ2v) is 8.55. The van der Waals surface area contributed by atoms with Gasteiger partial charge in [0.1, 0.15) is 5.75 Å². The van der Waals surface area contributed by atoms with E-state index in [0.29, 0.717) is 23.6 Å².